The lowest BCUT2D eigenvalue weighted by Crippen LogP contribution is -2.31. The second-order valence-electron chi connectivity index (χ2n) is 5.33. The predicted octanol–water partition coefficient (Wildman–Crippen LogP) is 2.51. The lowest BCUT2D eigenvalue weighted by Gasteiger charge is -2.19. The molecule has 0 radical (unpaired) electrons. The number of carbonyl (C=O) groups is 1. The van der Waals surface area contributed by atoms with Crippen molar-refractivity contribution in [3.63, 3.8) is 0 Å². The van der Waals surface area contributed by atoms with Gasteiger partial charge in [0.15, 0.2) is 0 Å². The SMILES string of the molecule is CC[C@@H](C)n1cc(C(=O)NCc2nnc(C)o2)c(=O)c(Br)c1C. The second kappa shape index (κ2) is 7.08. The number of nitrogens with zero attached hydrogens (tertiary/aromatic N) is 3. The first-order valence-electron chi connectivity index (χ1n) is 7.33. The van der Waals surface area contributed by atoms with Crippen LogP contribution in [-0.4, -0.2) is 20.7 Å². The molecule has 0 aliphatic carbocycles. The summed E-state index contributed by atoms with van der Waals surface area (Å²) in [6.45, 7) is 7.68. The first-order valence-corrected chi connectivity index (χ1v) is 8.12. The molecule has 0 aromatic carbocycles. The molecule has 2 aromatic rings. The van der Waals surface area contributed by atoms with E-state index in [4.69, 9.17) is 4.42 Å². The summed E-state index contributed by atoms with van der Waals surface area (Å²) >= 11 is 3.29. The molecule has 2 rings (SSSR count). The molecule has 7 nitrogen and oxygen atoms in total. The maximum atomic E-state index is 12.3. The van der Waals surface area contributed by atoms with Crippen LogP contribution in [-0.2, 0) is 6.54 Å². The van der Waals surface area contributed by atoms with Crippen LogP contribution in [0, 0.1) is 13.8 Å². The van der Waals surface area contributed by atoms with Gasteiger partial charge in [0, 0.05) is 24.9 Å². The van der Waals surface area contributed by atoms with Crippen molar-refractivity contribution in [2.45, 2.75) is 46.7 Å². The number of aromatic nitrogens is 3. The summed E-state index contributed by atoms with van der Waals surface area (Å²) in [7, 11) is 0. The number of amides is 1. The molecular weight excluding hydrogens is 364 g/mol. The third kappa shape index (κ3) is 3.69. The van der Waals surface area contributed by atoms with Gasteiger partial charge in [0.1, 0.15) is 5.56 Å². The van der Waals surface area contributed by atoms with Crippen molar-refractivity contribution in [2.75, 3.05) is 0 Å². The van der Waals surface area contributed by atoms with E-state index in [1.54, 1.807) is 13.1 Å². The van der Waals surface area contributed by atoms with E-state index in [1.165, 1.54) is 0 Å². The molecule has 0 fully saturated rings. The summed E-state index contributed by atoms with van der Waals surface area (Å²) in [6.07, 6.45) is 2.49. The van der Waals surface area contributed by atoms with Gasteiger partial charge in [-0.15, -0.1) is 10.2 Å². The predicted molar refractivity (Wildman–Crippen MR) is 88.3 cm³/mol. The molecule has 0 aliphatic heterocycles. The summed E-state index contributed by atoms with van der Waals surface area (Å²) in [5.74, 6) is 0.249. The summed E-state index contributed by atoms with van der Waals surface area (Å²) < 4.78 is 7.52. The minimum Gasteiger partial charge on any atom is -0.424 e. The highest BCUT2D eigenvalue weighted by atomic mass is 79.9. The van der Waals surface area contributed by atoms with Crippen LogP contribution in [0.3, 0.4) is 0 Å². The molecule has 124 valence electrons. The third-order valence-electron chi connectivity index (χ3n) is 3.70. The van der Waals surface area contributed by atoms with Gasteiger partial charge in [-0.1, -0.05) is 6.92 Å². The van der Waals surface area contributed by atoms with E-state index in [-0.39, 0.29) is 23.6 Å². The number of halogens is 1. The zero-order valence-corrected chi connectivity index (χ0v) is 15.1. The van der Waals surface area contributed by atoms with Gasteiger partial charge in [-0.3, -0.25) is 9.59 Å². The molecule has 0 saturated heterocycles. The third-order valence-corrected chi connectivity index (χ3v) is 4.63. The fourth-order valence-electron chi connectivity index (χ4n) is 2.17. The molecule has 0 spiro atoms. The minimum absolute atomic E-state index is 0.0773. The Hall–Kier alpha value is -1.96. The zero-order valence-electron chi connectivity index (χ0n) is 13.5. The van der Waals surface area contributed by atoms with Gasteiger partial charge >= 0.3 is 0 Å². The van der Waals surface area contributed by atoms with Crippen LogP contribution < -0.4 is 10.7 Å². The maximum absolute atomic E-state index is 12.3. The Morgan fingerprint density at radius 3 is 2.70 bits per heavy atom. The fourth-order valence-corrected chi connectivity index (χ4v) is 2.59. The van der Waals surface area contributed by atoms with Gasteiger partial charge in [-0.25, -0.2) is 0 Å². The molecule has 2 heterocycles. The molecule has 8 heteroatoms. The van der Waals surface area contributed by atoms with Gasteiger partial charge < -0.3 is 14.3 Å². The highest BCUT2D eigenvalue weighted by molar-refractivity contribution is 9.10. The van der Waals surface area contributed by atoms with Crippen LogP contribution in [0.1, 0.15) is 54.1 Å². The average Bonchev–Trinajstić information content (AvgIpc) is 2.95. The number of aryl methyl sites for hydroxylation is 1. The number of hydrogen-bond acceptors (Lipinski definition) is 5. The van der Waals surface area contributed by atoms with Crippen LogP contribution in [0.25, 0.3) is 0 Å². The highest BCUT2D eigenvalue weighted by Gasteiger charge is 2.18. The number of pyridine rings is 1. The van der Waals surface area contributed by atoms with E-state index in [2.05, 4.69) is 31.4 Å². The van der Waals surface area contributed by atoms with Gasteiger partial charge in [0.2, 0.25) is 17.2 Å². The van der Waals surface area contributed by atoms with Gasteiger partial charge in [-0.2, -0.15) is 0 Å². The monoisotopic (exact) mass is 382 g/mol. The summed E-state index contributed by atoms with van der Waals surface area (Å²) in [5, 5.41) is 10.1. The van der Waals surface area contributed by atoms with Crippen molar-refractivity contribution in [3.05, 3.63) is 43.9 Å². The second-order valence-corrected chi connectivity index (χ2v) is 6.13. The molecule has 23 heavy (non-hydrogen) atoms. The minimum atomic E-state index is -0.469. The van der Waals surface area contributed by atoms with Crippen molar-refractivity contribution in [1.82, 2.24) is 20.1 Å². The smallest absolute Gasteiger partial charge is 0.257 e. The first kappa shape index (κ1) is 17.4. The molecule has 0 bridgehead atoms. The Balaban J connectivity index is 2.29. The Morgan fingerprint density at radius 1 is 1.43 bits per heavy atom. The number of nitrogens with one attached hydrogen (secondary N) is 1. The molecule has 2 aromatic heterocycles. The zero-order chi connectivity index (χ0) is 17.1. The quantitative estimate of drug-likeness (QED) is 0.857. The van der Waals surface area contributed by atoms with Crippen LogP contribution in [0.15, 0.2) is 19.9 Å². The van der Waals surface area contributed by atoms with Crippen molar-refractivity contribution < 1.29 is 9.21 Å². The van der Waals surface area contributed by atoms with Crippen LogP contribution in [0.2, 0.25) is 0 Å². The van der Waals surface area contributed by atoms with Crippen molar-refractivity contribution in [1.29, 1.82) is 0 Å². The Labute approximate surface area is 142 Å². The fraction of sp³-hybridized carbons (Fsp3) is 0.467. The van der Waals surface area contributed by atoms with E-state index in [0.29, 0.717) is 16.3 Å². The topological polar surface area (TPSA) is 90.0 Å². The molecule has 0 unspecified atom stereocenters. The lowest BCUT2D eigenvalue weighted by molar-refractivity contribution is 0.0945. The van der Waals surface area contributed by atoms with Crippen LogP contribution >= 0.6 is 15.9 Å². The maximum Gasteiger partial charge on any atom is 0.257 e. The van der Waals surface area contributed by atoms with Crippen LogP contribution in [0.5, 0.6) is 0 Å². The van der Waals surface area contributed by atoms with E-state index in [9.17, 15) is 9.59 Å². The van der Waals surface area contributed by atoms with Crippen molar-refractivity contribution >= 4 is 21.8 Å². The van der Waals surface area contributed by atoms with Crippen molar-refractivity contribution in [2.24, 2.45) is 0 Å². The summed E-state index contributed by atoms with van der Waals surface area (Å²) in [6, 6.07) is 0.178. The van der Waals surface area contributed by atoms with Gasteiger partial charge in [0.05, 0.1) is 11.0 Å². The number of carbonyl (C=O) groups excluding carboxylic acids is 1. The molecule has 0 aliphatic rings. The van der Waals surface area contributed by atoms with E-state index in [1.807, 2.05) is 25.3 Å². The standard InChI is InChI=1S/C15H19BrN4O3/c1-5-8(2)20-7-11(14(21)13(16)9(20)3)15(22)17-6-12-19-18-10(4)23-12/h7-8H,5-6H2,1-4H3,(H,17,22)/t8-/m1/s1. The average molecular weight is 383 g/mol. The molecular formula is C15H19BrN4O3. The number of rotatable bonds is 5. The molecule has 1 atom stereocenters. The van der Waals surface area contributed by atoms with Crippen molar-refractivity contribution in [3.8, 4) is 0 Å². The lowest BCUT2D eigenvalue weighted by atomic mass is 10.1. The van der Waals surface area contributed by atoms with Gasteiger partial charge in [0.25, 0.3) is 5.91 Å². The van der Waals surface area contributed by atoms with Gasteiger partial charge in [-0.05, 0) is 36.2 Å². The largest absolute Gasteiger partial charge is 0.424 e. The van der Waals surface area contributed by atoms with E-state index in [0.717, 1.165) is 12.1 Å². The van der Waals surface area contributed by atoms with E-state index >= 15 is 0 Å². The van der Waals surface area contributed by atoms with Crippen LogP contribution in [0.4, 0.5) is 0 Å². The highest BCUT2D eigenvalue weighted by Crippen LogP contribution is 2.19. The molecule has 1 amide bonds. The number of hydrogen-bond donors (Lipinski definition) is 1. The first-order chi connectivity index (χ1) is 10.8. The molecule has 0 saturated carbocycles. The normalized spacial score (nSPS) is 12.2. The Morgan fingerprint density at radius 2 is 2.13 bits per heavy atom. The molecule has 1 N–H and O–H groups in total. The Kier molecular flexibility index (Phi) is 5.35. The summed E-state index contributed by atoms with van der Waals surface area (Å²) in [5.41, 5.74) is 0.550. The Bertz CT molecular complexity index is 782. The van der Waals surface area contributed by atoms with E-state index < -0.39 is 5.91 Å². The summed E-state index contributed by atoms with van der Waals surface area (Å²) in [4.78, 5) is 24.7.